The molecule has 5 heteroatoms. The van der Waals surface area contributed by atoms with E-state index in [9.17, 15) is 9.59 Å². The second-order valence-electron chi connectivity index (χ2n) is 5.75. The van der Waals surface area contributed by atoms with E-state index >= 15 is 0 Å². The number of benzene rings is 1. The molecule has 0 heterocycles. The molecule has 1 aromatic carbocycles. The van der Waals surface area contributed by atoms with Crippen LogP contribution in [-0.4, -0.2) is 36.9 Å². The minimum Gasteiger partial charge on any atom is -0.494 e. The van der Waals surface area contributed by atoms with Crippen molar-refractivity contribution < 1.29 is 14.3 Å². The van der Waals surface area contributed by atoms with Crippen molar-refractivity contribution in [2.75, 3.05) is 20.2 Å². The molecular formula is C18H28N2O3. The maximum atomic E-state index is 12.1. The van der Waals surface area contributed by atoms with Gasteiger partial charge in [-0.15, -0.1) is 0 Å². The van der Waals surface area contributed by atoms with Gasteiger partial charge >= 0.3 is 11.8 Å². The summed E-state index contributed by atoms with van der Waals surface area (Å²) in [5.41, 5.74) is 1.96. The molecule has 1 N–H and O–H groups in total. The van der Waals surface area contributed by atoms with Crippen molar-refractivity contribution in [3.8, 4) is 5.75 Å². The lowest BCUT2D eigenvalue weighted by Crippen LogP contribution is -2.42. The van der Waals surface area contributed by atoms with Crippen molar-refractivity contribution in [2.24, 2.45) is 0 Å². The van der Waals surface area contributed by atoms with Crippen molar-refractivity contribution in [3.05, 3.63) is 29.3 Å². The molecule has 1 rings (SSSR count). The van der Waals surface area contributed by atoms with Crippen LogP contribution in [0, 0.1) is 6.92 Å². The van der Waals surface area contributed by atoms with Gasteiger partial charge in [0.1, 0.15) is 5.75 Å². The molecule has 128 valence electrons. The SMILES string of the molecule is CCCCN(C)C(=O)C(=O)NC(C)c1cc(C)ccc1OCC. The Balaban J connectivity index is 2.78. The highest BCUT2D eigenvalue weighted by molar-refractivity contribution is 6.35. The minimum absolute atomic E-state index is 0.299. The molecule has 0 fully saturated rings. The molecule has 5 nitrogen and oxygen atoms in total. The fourth-order valence-electron chi connectivity index (χ4n) is 2.30. The number of likely N-dealkylation sites (N-methyl/N-ethyl adjacent to an activating group) is 1. The lowest BCUT2D eigenvalue weighted by Gasteiger charge is -2.21. The number of ether oxygens (including phenoxy) is 1. The Kier molecular flexibility index (Phi) is 7.59. The van der Waals surface area contributed by atoms with Crippen LogP contribution in [0.25, 0.3) is 0 Å². The van der Waals surface area contributed by atoms with Crippen LogP contribution in [0.3, 0.4) is 0 Å². The number of unbranched alkanes of at least 4 members (excludes halogenated alkanes) is 1. The molecule has 0 bridgehead atoms. The summed E-state index contributed by atoms with van der Waals surface area (Å²) in [6, 6.07) is 5.53. The first-order valence-corrected chi connectivity index (χ1v) is 8.20. The molecule has 0 aliphatic rings. The van der Waals surface area contributed by atoms with Gasteiger partial charge in [-0.1, -0.05) is 31.0 Å². The van der Waals surface area contributed by atoms with Gasteiger partial charge in [0.05, 0.1) is 12.6 Å². The summed E-state index contributed by atoms with van der Waals surface area (Å²) in [7, 11) is 1.65. The van der Waals surface area contributed by atoms with Gasteiger partial charge in [0.25, 0.3) is 0 Å². The number of aryl methyl sites for hydroxylation is 1. The van der Waals surface area contributed by atoms with Gasteiger partial charge in [-0.25, -0.2) is 0 Å². The van der Waals surface area contributed by atoms with Crippen molar-refractivity contribution in [1.82, 2.24) is 10.2 Å². The zero-order chi connectivity index (χ0) is 17.4. The third-order valence-electron chi connectivity index (χ3n) is 3.67. The van der Waals surface area contributed by atoms with Crippen LogP contribution in [0.1, 0.15) is 50.8 Å². The molecule has 0 saturated heterocycles. The Morgan fingerprint density at radius 1 is 1.30 bits per heavy atom. The minimum atomic E-state index is -0.583. The fraction of sp³-hybridized carbons (Fsp3) is 0.556. The number of carbonyl (C=O) groups is 2. The van der Waals surface area contributed by atoms with Gasteiger partial charge < -0.3 is 15.0 Å². The van der Waals surface area contributed by atoms with Gasteiger partial charge in [-0.3, -0.25) is 9.59 Å². The van der Waals surface area contributed by atoms with Gasteiger partial charge in [-0.05, 0) is 33.3 Å². The first kappa shape index (κ1) is 19.0. The third kappa shape index (κ3) is 5.58. The second-order valence-corrected chi connectivity index (χ2v) is 5.75. The molecule has 0 aliphatic heterocycles. The third-order valence-corrected chi connectivity index (χ3v) is 3.67. The molecule has 1 aromatic rings. The first-order valence-electron chi connectivity index (χ1n) is 8.20. The maximum Gasteiger partial charge on any atom is 0.311 e. The molecule has 1 atom stereocenters. The predicted molar refractivity (Wildman–Crippen MR) is 91.5 cm³/mol. The van der Waals surface area contributed by atoms with Crippen LogP contribution < -0.4 is 10.1 Å². The van der Waals surface area contributed by atoms with Gasteiger partial charge in [0.15, 0.2) is 0 Å². The van der Waals surface area contributed by atoms with E-state index in [0.717, 1.165) is 29.7 Å². The second kappa shape index (κ2) is 9.18. The quantitative estimate of drug-likeness (QED) is 0.786. The van der Waals surface area contributed by atoms with Crippen LogP contribution in [0.4, 0.5) is 0 Å². The van der Waals surface area contributed by atoms with E-state index in [-0.39, 0.29) is 6.04 Å². The summed E-state index contributed by atoms with van der Waals surface area (Å²) in [5, 5.41) is 2.77. The van der Waals surface area contributed by atoms with Gasteiger partial charge in [0, 0.05) is 19.2 Å². The van der Waals surface area contributed by atoms with E-state index in [1.807, 2.05) is 45.9 Å². The average Bonchev–Trinajstić information content (AvgIpc) is 2.53. The standard InChI is InChI=1S/C18H28N2O3/c1-6-8-11-20(5)18(22)17(21)19-14(4)15-12-13(3)9-10-16(15)23-7-2/h9-10,12,14H,6-8,11H2,1-5H3,(H,19,21). The fourth-order valence-corrected chi connectivity index (χ4v) is 2.30. The number of nitrogens with zero attached hydrogens (tertiary/aromatic N) is 1. The monoisotopic (exact) mass is 320 g/mol. The molecule has 0 aliphatic carbocycles. The summed E-state index contributed by atoms with van der Waals surface area (Å²) >= 11 is 0. The van der Waals surface area contributed by atoms with Crippen LogP contribution in [0.15, 0.2) is 18.2 Å². The number of amides is 2. The molecule has 0 radical (unpaired) electrons. The Hall–Kier alpha value is -2.04. The molecule has 0 saturated carbocycles. The van der Waals surface area contributed by atoms with Crippen molar-refractivity contribution in [1.29, 1.82) is 0 Å². The first-order chi connectivity index (χ1) is 10.9. The highest BCUT2D eigenvalue weighted by atomic mass is 16.5. The predicted octanol–water partition coefficient (Wildman–Crippen LogP) is 2.83. The van der Waals surface area contributed by atoms with Gasteiger partial charge in [-0.2, -0.15) is 0 Å². The average molecular weight is 320 g/mol. The Morgan fingerprint density at radius 2 is 2.00 bits per heavy atom. The lowest BCUT2D eigenvalue weighted by molar-refractivity contribution is -0.145. The number of rotatable bonds is 7. The van der Waals surface area contributed by atoms with Crippen LogP contribution in [0.2, 0.25) is 0 Å². The van der Waals surface area contributed by atoms with E-state index in [2.05, 4.69) is 5.32 Å². The maximum absolute atomic E-state index is 12.1. The number of hydrogen-bond donors (Lipinski definition) is 1. The zero-order valence-corrected chi connectivity index (χ0v) is 14.8. The van der Waals surface area contributed by atoms with E-state index in [1.165, 1.54) is 4.90 Å². The van der Waals surface area contributed by atoms with Crippen molar-refractivity contribution >= 4 is 11.8 Å². The van der Waals surface area contributed by atoms with Crippen molar-refractivity contribution in [3.63, 3.8) is 0 Å². The lowest BCUT2D eigenvalue weighted by atomic mass is 10.0. The van der Waals surface area contributed by atoms with E-state index in [4.69, 9.17) is 4.74 Å². The summed E-state index contributed by atoms with van der Waals surface area (Å²) in [6.45, 7) is 8.94. The largest absolute Gasteiger partial charge is 0.494 e. The summed E-state index contributed by atoms with van der Waals surface area (Å²) in [5.74, 6) is -0.353. The Bertz CT molecular complexity index is 543. The van der Waals surface area contributed by atoms with E-state index < -0.39 is 11.8 Å². The zero-order valence-electron chi connectivity index (χ0n) is 14.8. The Labute approximate surface area is 139 Å². The Morgan fingerprint density at radius 3 is 2.61 bits per heavy atom. The molecule has 2 amide bonds. The molecular weight excluding hydrogens is 292 g/mol. The van der Waals surface area contributed by atoms with Gasteiger partial charge in [0.2, 0.25) is 0 Å². The normalized spacial score (nSPS) is 11.7. The number of carbonyl (C=O) groups excluding carboxylic acids is 2. The van der Waals surface area contributed by atoms with Crippen LogP contribution in [-0.2, 0) is 9.59 Å². The van der Waals surface area contributed by atoms with E-state index in [1.54, 1.807) is 7.05 Å². The molecule has 0 aromatic heterocycles. The summed E-state index contributed by atoms with van der Waals surface area (Å²) < 4.78 is 5.61. The topological polar surface area (TPSA) is 58.6 Å². The highest BCUT2D eigenvalue weighted by Crippen LogP contribution is 2.26. The summed E-state index contributed by atoms with van der Waals surface area (Å²) in [6.07, 6.45) is 1.87. The number of nitrogens with one attached hydrogen (secondary N) is 1. The van der Waals surface area contributed by atoms with Crippen LogP contribution in [0.5, 0.6) is 5.75 Å². The van der Waals surface area contributed by atoms with Crippen LogP contribution >= 0.6 is 0 Å². The van der Waals surface area contributed by atoms with Crippen molar-refractivity contribution in [2.45, 2.75) is 46.6 Å². The molecule has 23 heavy (non-hydrogen) atoms. The highest BCUT2D eigenvalue weighted by Gasteiger charge is 2.22. The summed E-state index contributed by atoms with van der Waals surface area (Å²) in [4.78, 5) is 25.7. The molecule has 0 spiro atoms. The smallest absolute Gasteiger partial charge is 0.311 e. The van der Waals surface area contributed by atoms with E-state index in [0.29, 0.717) is 13.2 Å². The molecule has 1 unspecified atom stereocenters. The number of hydrogen-bond acceptors (Lipinski definition) is 3.